The molecule has 0 radical (unpaired) electrons. The van der Waals surface area contributed by atoms with Crippen molar-refractivity contribution < 1.29 is 5.11 Å². The second kappa shape index (κ2) is 5.75. The number of nitrogens with zero attached hydrogens (tertiary/aromatic N) is 2. The summed E-state index contributed by atoms with van der Waals surface area (Å²) in [6, 6.07) is 6.04. The summed E-state index contributed by atoms with van der Waals surface area (Å²) in [6.07, 6.45) is 9.40. The van der Waals surface area contributed by atoms with Crippen LogP contribution in [0.2, 0.25) is 0 Å². The molecule has 106 valence electrons. The molecule has 0 bridgehead atoms. The van der Waals surface area contributed by atoms with Crippen LogP contribution in [-0.4, -0.2) is 28.2 Å². The maximum Gasteiger partial charge on any atom is 0.0907 e. The van der Waals surface area contributed by atoms with E-state index in [2.05, 4.69) is 15.3 Å². The van der Waals surface area contributed by atoms with Gasteiger partial charge in [0.05, 0.1) is 17.6 Å². The lowest BCUT2D eigenvalue weighted by Gasteiger charge is -2.36. The third-order valence-corrected chi connectivity index (χ3v) is 4.39. The van der Waals surface area contributed by atoms with Gasteiger partial charge in [0, 0.05) is 30.0 Å². The number of fused-ring (bicyclic) bond motifs is 1. The molecule has 0 spiro atoms. The van der Waals surface area contributed by atoms with E-state index in [0.29, 0.717) is 0 Å². The SMILES string of the molecule is OCC1(CNc2ccc3nccnc3c2)CCCCC1. The minimum atomic E-state index is 0.0512. The molecule has 0 aliphatic heterocycles. The van der Waals surface area contributed by atoms with E-state index >= 15 is 0 Å². The van der Waals surface area contributed by atoms with Crippen LogP contribution in [0.4, 0.5) is 5.69 Å². The molecule has 20 heavy (non-hydrogen) atoms. The highest BCUT2D eigenvalue weighted by Crippen LogP contribution is 2.36. The molecule has 2 N–H and O–H groups in total. The minimum Gasteiger partial charge on any atom is -0.396 e. The number of hydrogen-bond donors (Lipinski definition) is 2. The molecule has 2 aromatic rings. The first-order valence-electron chi connectivity index (χ1n) is 7.37. The fraction of sp³-hybridized carbons (Fsp3) is 0.500. The summed E-state index contributed by atoms with van der Waals surface area (Å²) in [5.74, 6) is 0. The number of rotatable bonds is 4. The van der Waals surface area contributed by atoms with Crippen molar-refractivity contribution in [3.8, 4) is 0 Å². The van der Waals surface area contributed by atoms with Gasteiger partial charge in [0.1, 0.15) is 0 Å². The highest BCUT2D eigenvalue weighted by Gasteiger charge is 2.31. The maximum atomic E-state index is 9.73. The van der Waals surface area contributed by atoms with Crippen molar-refractivity contribution in [1.82, 2.24) is 9.97 Å². The number of hydrogen-bond acceptors (Lipinski definition) is 4. The normalized spacial score (nSPS) is 18.1. The lowest BCUT2D eigenvalue weighted by molar-refractivity contribution is 0.0944. The molecule has 1 aromatic heterocycles. The summed E-state index contributed by atoms with van der Waals surface area (Å²) < 4.78 is 0. The summed E-state index contributed by atoms with van der Waals surface area (Å²) in [4.78, 5) is 8.59. The van der Waals surface area contributed by atoms with E-state index in [-0.39, 0.29) is 12.0 Å². The third-order valence-electron chi connectivity index (χ3n) is 4.39. The first kappa shape index (κ1) is 13.3. The standard InChI is InChI=1S/C16H21N3O/c20-12-16(6-2-1-3-7-16)11-19-13-4-5-14-15(10-13)18-9-8-17-14/h4-5,8-10,19-20H,1-3,6-7,11-12H2. The first-order chi connectivity index (χ1) is 9.81. The van der Waals surface area contributed by atoms with Crippen molar-refractivity contribution >= 4 is 16.7 Å². The fourth-order valence-corrected chi connectivity index (χ4v) is 3.06. The number of anilines is 1. The average molecular weight is 271 g/mol. The molecule has 1 fully saturated rings. The Balaban J connectivity index is 1.72. The number of nitrogens with one attached hydrogen (secondary N) is 1. The predicted octanol–water partition coefficient (Wildman–Crippen LogP) is 2.98. The van der Waals surface area contributed by atoms with Crippen LogP contribution in [0.5, 0.6) is 0 Å². The Morgan fingerprint density at radius 2 is 1.80 bits per heavy atom. The molecule has 4 nitrogen and oxygen atoms in total. The van der Waals surface area contributed by atoms with Gasteiger partial charge in [0.25, 0.3) is 0 Å². The van der Waals surface area contributed by atoms with Crippen LogP contribution in [0, 0.1) is 5.41 Å². The van der Waals surface area contributed by atoms with Crippen molar-refractivity contribution in [3.63, 3.8) is 0 Å². The average Bonchev–Trinajstić information content (AvgIpc) is 2.54. The van der Waals surface area contributed by atoms with Crippen LogP contribution in [-0.2, 0) is 0 Å². The second-order valence-electron chi connectivity index (χ2n) is 5.83. The van der Waals surface area contributed by atoms with Crippen molar-refractivity contribution in [3.05, 3.63) is 30.6 Å². The summed E-state index contributed by atoms with van der Waals surface area (Å²) in [5.41, 5.74) is 2.92. The lowest BCUT2D eigenvalue weighted by atomic mass is 9.74. The monoisotopic (exact) mass is 271 g/mol. The van der Waals surface area contributed by atoms with Gasteiger partial charge in [-0.2, -0.15) is 0 Å². The Labute approximate surface area is 119 Å². The van der Waals surface area contributed by atoms with E-state index < -0.39 is 0 Å². The topological polar surface area (TPSA) is 58.0 Å². The van der Waals surface area contributed by atoms with Gasteiger partial charge < -0.3 is 10.4 Å². The Bertz CT molecular complexity index is 579. The van der Waals surface area contributed by atoms with Gasteiger partial charge in [-0.1, -0.05) is 19.3 Å². The van der Waals surface area contributed by atoms with Gasteiger partial charge in [0.2, 0.25) is 0 Å². The van der Waals surface area contributed by atoms with Crippen LogP contribution in [0.1, 0.15) is 32.1 Å². The highest BCUT2D eigenvalue weighted by atomic mass is 16.3. The maximum absolute atomic E-state index is 9.73. The Morgan fingerprint density at radius 3 is 2.55 bits per heavy atom. The molecule has 1 saturated carbocycles. The number of aromatic nitrogens is 2. The number of benzene rings is 1. The third kappa shape index (κ3) is 2.75. The van der Waals surface area contributed by atoms with Gasteiger partial charge in [-0.3, -0.25) is 9.97 Å². The molecule has 0 unspecified atom stereocenters. The molecular weight excluding hydrogens is 250 g/mol. The summed E-state index contributed by atoms with van der Waals surface area (Å²) in [5, 5.41) is 13.2. The smallest absolute Gasteiger partial charge is 0.0907 e. The van der Waals surface area contributed by atoms with Crippen molar-refractivity contribution in [2.45, 2.75) is 32.1 Å². The van der Waals surface area contributed by atoms with E-state index in [0.717, 1.165) is 36.1 Å². The molecule has 4 heteroatoms. The molecule has 1 aliphatic rings. The van der Waals surface area contributed by atoms with Crippen LogP contribution >= 0.6 is 0 Å². The zero-order valence-corrected chi connectivity index (χ0v) is 11.7. The van der Waals surface area contributed by atoms with Gasteiger partial charge >= 0.3 is 0 Å². The molecule has 0 saturated heterocycles. The molecule has 1 aromatic carbocycles. The zero-order valence-electron chi connectivity index (χ0n) is 11.7. The fourth-order valence-electron chi connectivity index (χ4n) is 3.06. The van der Waals surface area contributed by atoms with Gasteiger partial charge in [-0.25, -0.2) is 0 Å². The Hall–Kier alpha value is -1.68. The summed E-state index contributed by atoms with van der Waals surface area (Å²) >= 11 is 0. The second-order valence-corrected chi connectivity index (χ2v) is 5.83. The van der Waals surface area contributed by atoms with E-state index in [1.54, 1.807) is 12.4 Å². The molecular formula is C16H21N3O. The van der Waals surface area contributed by atoms with Crippen LogP contribution in [0.3, 0.4) is 0 Å². The van der Waals surface area contributed by atoms with E-state index in [1.807, 2.05) is 18.2 Å². The molecule has 1 heterocycles. The summed E-state index contributed by atoms with van der Waals surface area (Å²) in [6.45, 7) is 1.10. The molecule has 3 rings (SSSR count). The molecule has 0 atom stereocenters. The van der Waals surface area contributed by atoms with Crippen molar-refractivity contribution in [2.75, 3.05) is 18.5 Å². The highest BCUT2D eigenvalue weighted by molar-refractivity contribution is 5.78. The first-order valence-corrected chi connectivity index (χ1v) is 7.37. The summed E-state index contributed by atoms with van der Waals surface area (Å²) in [7, 11) is 0. The Kier molecular flexibility index (Phi) is 3.83. The van der Waals surface area contributed by atoms with Crippen LogP contribution < -0.4 is 5.32 Å². The zero-order chi connectivity index (χ0) is 13.8. The largest absolute Gasteiger partial charge is 0.396 e. The molecule has 1 aliphatic carbocycles. The van der Waals surface area contributed by atoms with Crippen LogP contribution in [0.15, 0.2) is 30.6 Å². The van der Waals surface area contributed by atoms with E-state index in [1.165, 1.54) is 19.3 Å². The lowest BCUT2D eigenvalue weighted by Crippen LogP contribution is -2.35. The van der Waals surface area contributed by atoms with Crippen molar-refractivity contribution in [1.29, 1.82) is 0 Å². The van der Waals surface area contributed by atoms with Gasteiger partial charge in [0.15, 0.2) is 0 Å². The number of aliphatic hydroxyl groups excluding tert-OH is 1. The van der Waals surface area contributed by atoms with Crippen LogP contribution in [0.25, 0.3) is 11.0 Å². The quantitative estimate of drug-likeness (QED) is 0.897. The van der Waals surface area contributed by atoms with E-state index in [9.17, 15) is 5.11 Å². The van der Waals surface area contributed by atoms with Gasteiger partial charge in [-0.15, -0.1) is 0 Å². The Morgan fingerprint density at radius 1 is 1.05 bits per heavy atom. The van der Waals surface area contributed by atoms with Crippen molar-refractivity contribution in [2.24, 2.45) is 5.41 Å². The van der Waals surface area contributed by atoms with E-state index in [4.69, 9.17) is 0 Å². The minimum absolute atomic E-state index is 0.0512. The van der Waals surface area contributed by atoms with Gasteiger partial charge in [-0.05, 0) is 31.0 Å². The molecule has 0 amide bonds. The number of aliphatic hydroxyl groups is 1. The predicted molar refractivity (Wildman–Crippen MR) is 80.6 cm³/mol.